The molecule has 20 heteroatoms. The van der Waals surface area contributed by atoms with Crippen molar-refractivity contribution in [3.8, 4) is 17.2 Å². The number of carbonyl (C=O) groups excluding carboxylic acids is 4. The second kappa shape index (κ2) is 20.8. The molecule has 58 heavy (non-hydrogen) atoms. The van der Waals surface area contributed by atoms with E-state index < -0.39 is 35.0 Å². The van der Waals surface area contributed by atoms with E-state index in [1.807, 2.05) is 13.8 Å². The maximum Gasteiger partial charge on any atom is 0.325 e. The number of hydrogen-bond donors (Lipinski definition) is 7. The number of unbranched alkanes of at least 4 members (excludes halogenated alkanes) is 2. The summed E-state index contributed by atoms with van der Waals surface area (Å²) in [5.74, 6) is -3.88. The Hall–Kier alpha value is -4.70. The van der Waals surface area contributed by atoms with Crippen LogP contribution in [-0.2, 0) is 19.1 Å². The molecule has 0 saturated heterocycles. The highest BCUT2D eigenvalue weighted by Crippen LogP contribution is 2.41. The number of aromatic amines is 1. The lowest BCUT2D eigenvalue weighted by atomic mass is 10.0. The van der Waals surface area contributed by atoms with Gasteiger partial charge in [-0.2, -0.15) is 0 Å². The van der Waals surface area contributed by atoms with Crippen LogP contribution in [-0.4, -0.2) is 69.6 Å². The van der Waals surface area contributed by atoms with E-state index in [1.165, 1.54) is 18.5 Å². The number of rotatable bonds is 19. The second-order valence-corrected chi connectivity index (χ2v) is 14.8. The van der Waals surface area contributed by atoms with Crippen molar-refractivity contribution in [2.75, 3.05) is 26.3 Å². The summed E-state index contributed by atoms with van der Waals surface area (Å²) < 4.78 is 11.2. The number of aromatic nitrogens is 2. The Balaban J connectivity index is 1.66. The highest BCUT2D eigenvalue weighted by atomic mass is 35.5. The lowest BCUT2D eigenvalue weighted by Crippen LogP contribution is -2.22. The van der Waals surface area contributed by atoms with Gasteiger partial charge < -0.3 is 46.8 Å². The highest BCUT2D eigenvalue weighted by molar-refractivity contribution is 6.45. The molecule has 0 spiro atoms. The number of esters is 2. The molecule has 2 heterocycles. The first-order valence-corrected chi connectivity index (χ1v) is 19.8. The van der Waals surface area contributed by atoms with Gasteiger partial charge in [0.25, 0.3) is 0 Å². The molecule has 0 amide bonds. The van der Waals surface area contributed by atoms with Crippen LogP contribution in [0.2, 0.25) is 30.4 Å². The molecule has 0 aliphatic carbocycles. The van der Waals surface area contributed by atoms with E-state index in [1.54, 1.807) is 0 Å². The van der Waals surface area contributed by atoms with E-state index in [-0.39, 0.29) is 107 Å². The van der Waals surface area contributed by atoms with Crippen molar-refractivity contribution < 1.29 is 38.9 Å². The predicted molar refractivity (Wildman–Crippen MR) is 225 cm³/mol. The molecule has 0 radical (unpaired) electrons. The Bertz CT molecular complexity index is 2130. The van der Waals surface area contributed by atoms with Crippen molar-refractivity contribution in [2.45, 2.75) is 39.5 Å². The fourth-order valence-corrected chi connectivity index (χ4v) is 6.64. The summed E-state index contributed by atoms with van der Waals surface area (Å²) in [7, 11) is 0. The van der Waals surface area contributed by atoms with Gasteiger partial charge in [-0.3, -0.25) is 23.7 Å². The zero-order valence-corrected chi connectivity index (χ0v) is 35.4. The minimum absolute atomic E-state index is 0.0238. The van der Waals surface area contributed by atoms with Gasteiger partial charge in [0, 0.05) is 23.5 Å². The van der Waals surface area contributed by atoms with E-state index in [0.717, 1.165) is 54.5 Å². The molecule has 9 N–H and O–H groups in total. The normalized spacial score (nSPS) is 11.7. The number of H-pyrrole nitrogens is 1. The van der Waals surface area contributed by atoms with Gasteiger partial charge >= 0.3 is 11.9 Å². The van der Waals surface area contributed by atoms with Crippen molar-refractivity contribution in [3.05, 3.63) is 107 Å². The van der Waals surface area contributed by atoms with Crippen LogP contribution in [0.5, 0.6) is 11.5 Å². The van der Waals surface area contributed by atoms with Gasteiger partial charge in [-0.25, -0.2) is 0 Å². The maximum absolute atomic E-state index is 14.1. The van der Waals surface area contributed by atoms with Crippen LogP contribution in [0, 0.1) is 0 Å². The number of aromatic hydroxyl groups is 2. The zero-order valence-electron chi connectivity index (χ0n) is 30.9. The van der Waals surface area contributed by atoms with Crippen molar-refractivity contribution in [1.82, 2.24) is 20.2 Å². The summed E-state index contributed by atoms with van der Waals surface area (Å²) in [5.41, 5.74) is 11.1. The monoisotopic (exact) mass is 916 g/mol. The smallest absolute Gasteiger partial charge is 0.325 e. The number of nitrogens with zero attached hydrogens (tertiary/aromatic N) is 1. The zero-order chi connectivity index (χ0) is 42.8. The Morgan fingerprint density at radius 1 is 0.707 bits per heavy atom. The average molecular weight is 919 g/mol. The first kappa shape index (κ1) is 46.0. The van der Waals surface area contributed by atoms with Gasteiger partial charge in [0.15, 0.2) is 0 Å². The van der Waals surface area contributed by atoms with Crippen LogP contribution in [0.3, 0.4) is 0 Å². The summed E-state index contributed by atoms with van der Waals surface area (Å²) in [6.07, 6.45) is 5.76. The Morgan fingerprint density at radius 3 is 1.64 bits per heavy atom. The minimum Gasteiger partial charge on any atom is -0.507 e. The third-order valence-electron chi connectivity index (χ3n) is 8.27. The molecular formula is C38H38Cl6N6O8. The fourth-order valence-electron chi connectivity index (χ4n) is 5.26. The molecule has 2 aromatic heterocycles. The van der Waals surface area contributed by atoms with Crippen LogP contribution >= 0.6 is 69.6 Å². The third kappa shape index (κ3) is 10.9. The van der Waals surface area contributed by atoms with Crippen molar-refractivity contribution in [3.63, 3.8) is 0 Å². The van der Waals surface area contributed by atoms with Crippen molar-refractivity contribution in [1.29, 1.82) is 0 Å². The first-order chi connectivity index (χ1) is 27.5. The number of ether oxygens (including phenoxy) is 2. The number of ketones is 2. The van der Waals surface area contributed by atoms with Gasteiger partial charge in [0.2, 0.25) is 11.6 Å². The number of halogens is 6. The number of phenols is 2. The van der Waals surface area contributed by atoms with E-state index in [9.17, 15) is 29.4 Å². The predicted octanol–water partition coefficient (Wildman–Crippen LogP) is 7.98. The van der Waals surface area contributed by atoms with Crippen LogP contribution in [0.25, 0.3) is 17.1 Å². The minimum atomic E-state index is -0.898. The summed E-state index contributed by atoms with van der Waals surface area (Å²) in [5, 5.41) is 26.4. The molecule has 4 aromatic rings. The molecule has 0 saturated carbocycles. The number of hydrogen-bond acceptors (Lipinski definition) is 12. The van der Waals surface area contributed by atoms with Crippen molar-refractivity contribution >= 4 is 105 Å². The topological polar surface area (TPSA) is 224 Å². The summed E-state index contributed by atoms with van der Waals surface area (Å²) in [6.45, 7) is 4.14. The van der Waals surface area contributed by atoms with Gasteiger partial charge in [0.1, 0.15) is 45.6 Å². The molecule has 0 fully saturated rings. The SMILES string of the molecule is CCCCOC(=O)CN/C=C(\N)c1cc(O)c(C(=O)c2[nH]c(Cl)c(Cl)c2-n2c(C(=O)c3cc(Cl)c(/C(N)=C/NCC(=O)OCCCC)cc3O)cc(Cl)c2Cl)cc1Cl. The van der Waals surface area contributed by atoms with Crippen LogP contribution in [0.4, 0.5) is 0 Å². The lowest BCUT2D eigenvalue weighted by Gasteiger charge is -2.14. The van der Waals surface area contributed by atoms with Crippen LogP contribution < -0.4 is 22.1 Å². The molecule has 4 rings (SSSR count). The Labute approximate surface area is 362 Å². The molecule has 310 valence electrons. The summed E-state index contributed by atoms with van der Waals surface area (Å²) in [6, 6.07) is 5.76. The standard InChI is InChI=1S/C38H38Cl6N6O8/c1-3-5-7-57-30(53)16-47-14-25(45)18-11-28(51)20(9-22(18)39)35(55)27-13-24(41)38(44)50(27)34-32(42)37(43)49-33(34)36(56)21-10-23(40)19(12-29(21)52)26(46)15-48-17-31(54)58-8-6-4-2/h9-15,47-49,51-52H,3-8,16-17,45-46H2,1-2H3/b25-14-,26-15-. The summed E-state index contributed by atoms with van der Waals surface area (Å²) in [4.78, 5) is 54.7. The highest BCUT2D eigenvalue weighted by Gasteiger charge is 2.32. The van der Waals surface area contributed by atoms with Gasteiger partial charge in [0.05, 0.1) is 62.2 Å². The number of benzene rings is 2. The second-order valence-electron chi connectivity index (χ2n) is 12.4. The quantitative estimate of drug-likeness (QED) is 0.0270. The average Bonchev–Trinajstić information content (AvgIpc) is 3.64. The van der Waals surface area contributed by atoms with E-state index in [2.05, 4.69) is 15.6 Å². The van der Waals surface area contributed by atoms with E-state index >= 15 is 0 Å². The third-order valence-corrected chi connectivity index (χ3v) is 10.4. The molecule has 0 bridgehead atoms. The molecular weight excluding hydrogens is 881 g/mol. The molecule has 2 aromatic carbocycles. The Kier molecular flexibility index (Phi) is 16.5. The maximum atomic E-state index is 14.1. The number of nitrogens with two attached hydrogens (primary N) is 2. The van der Waals surface area contributed by atoms with Gasteiger partial charge in [-0.05, 0) is 43.2 Å². The molecule has 0 atom stereocenters. The van der Waals surface area contributed by atoms with Crippen molar-refractivity contribution in [2.24, 2.45) is 11.5 Å². The largest absolute Gasteiger partial charge is 0.507 e. The molecule has 14 nitrogen and oxygen atoms in total. The lowest BCUT2D eigenvalue weighted by molar-refractivity contribution is -0.143. The Morgan fingerprint density at radius 2 is 1.17 bits per heavy atom. The van der Waals surface area contributed by atoms with E-state index in [0.29, 0.717) is 0 Å². The van der Waals surface area contributed by atoms with Crippen LogP contribution in [0.15, 0.2) is 42.7 Å². The number of phenolic OH excluding ortho intramolecular Hbond substituents is 2. The number of nitrogens with one attached hydrogen (secondary N) is 3. The van der Waals surface area contributed by atoms with E-state index in [4.69, 9.17) is 90.5 Å². The van der Waals surface area contributed by atoms with Gasteiger partial charge in [-0.15, -0.1) is 0 Å². The molecule has 0 unspecified atom stereocenters. The van der Waals surface area contributed by atoms with Crippen LogP contribution in [0.1, 0.15) is 82.8 Å². The fraction of sp³-hybridized carbons (Fsp3) is 0.263. The molecule has 0 aliphatic rings. The number of carbonyl (C=O) groups is 4. The first-order valence-electron chi connectivity index (χ1n) is 17.5. The summed E-state index contributed by atoms with van der Waals surface area (Å²) >= 11 is 39.0. The van der Waals surface area contributed by atoms with Gasteiger partial charge in [-0.1, -0.05) is 96.3 Å². The molecule has 0 aliphatic heterocycles.